The molecule has 0 bridgehead atoms. The minimum Gasteiger partial charge on any atom is -0.331 e. The first kappa shape index (κ1) is 11.6. The zero-order chi connectivity index (χ0) is 12.4. The number of aryl methyl sites for hydroxylation is 1. The molecule has 3 nitrogen and oxygen atoms in total. The Morgan fingerprint density at radius 1 is 1.47 bits per heavy atom. The van der Waals surface area contributed by atoms with E-state index in [0.717, 1.165) is 34.8 Å². The Labute approximate surface area is 102 Å². The predicted octanol–water partition coefficient (Wildman–Crippen LogP) is 3.08. The van der Waals surface area contributed by atoms with Gasteiger partial charge in [-0.2, -0.15) is 0 Å². The molecule has 0 aromatic carbocycles. The highest BCUT2D eigenvalue weighted by Gasteiger charge is 2.15. The molecule has 88 valence electrons. The van der Waals surface area contributed by atoms with Crippen LogP contribution >= 0.6 is 0 Å². The first-order valence-electron chi connectivity index (χ1n) is 5.77. The van der Waals surface area contributed by atoms with Gasteiger partial charge in [0.05, 0.1) is 11.4 Å². The average molecular weight is 227 g/mol. The number of hydrogen-bond donors (Lipinski definition) is 0. The maximum absolute atomic E-state index is 4.68. The Morgan fingerprint density at radius 3 is 2.76 bits per heavy atom. The lowest BCUT2D eigenvalue weighted by Crippen LogP contribution is -1.99. The summed E-state index contributed by atoms with van der Waals surface area (Å²) in [4.78, 5) is 8.83. The molecule has 0 aliphatic carbocycles. The average Bonchev–Trinajstić information content (AvgIpc) is 2.67. The van der Waals surface area contributed by atoms with Crippen molar-refractivity contribution in [2.24, 2.45) is 7.05 Å². The first-order valence-corrected chi connectivity index (χ1v) is 5.77. The van der Waals surface area contributed by atoms with Gasteiger partial charge in [-0.3, -0.25) is 4.98 Å². The van der Waals surface area contributed by atoms with Gasteiger partial charge < -0.3 is 4.57 Å². The van der Waals surface area contributed by atoms with Gasteiger partial charge in [0.25, 0.3) is 0 Å². The van der Waals surface area contributed by atoms with Crippen molar-refractivity contribution in [3.63, 3.8) is 0 Å². The van der Waals surface area contributed by atoms with E-state index in [1.54, 1.807) is 6.20 Å². The summed E-state index contributed by atoms with van der Waals surface area (Å²) in [5.74, 6) is 1.07. The molecule has 0 N–H and O–H groups in total. The van der Waals surface area contributed by atoms with Crippen molar-refractivity contribution in [2.75, 3.05) is 0 Å². The fourth-order valence-electron chi connectivity index (χ4n) is 2.05. The molecule has 0 aliphatic rings. The van der Waals surface area contributed by atoms with E-state index in [0.29, 0.717) is 0 Å². The zero-order valence-electron chi connectivity index (χ0n) is 10.6. The molecule has 0 amide bonds. The molecule has 2 rings (SSSR count). The largest absolute Gasteiger partial charge is 0.331 e. The summed E-state index contributed by atoms with van der Waals surface area (Å²) in [5, 5.41) is 0. The molecular formula is C14H17N3. The van der Waals surface area contributed by atoms with Crippen molar-refractivity contribution in [3.05, 3.63) is 42.6 Å². The molecule has 0 atom stereocenters. The van der Waals surface area contributed by atoms with E-state index in [-0.39, 0.29) is 0 Å². The molecule has 17 heavy (non-hydrogen) atoms. The molecule has 0 saturated carbocycles. The van der Waals surface area contributed by atoms with Gasteiger partial charge in [-0.1, -0.05) is 13.5 Å². The molecule has 0 unspecified atom stereocenters. The van der Waals surface area contributed by atoms with Crippen molar-refractivity contribution >= 4 is 5.57 Å². The van der Waals surface area contributed by atoms with E-state index in [9.17, 15) is 0 Å². The van der Waals surface area contributed by atoms with Crippen LogP contribution in [0.1, 0.15) is 25.4 Å². The first-order chi connectivity index (χ1) is 8.15. The number of allylic oxidation sites excluding steroid dienone is 1. The quantitative estimate of drug-likeness (QED) is 0.806. The van der Waals surface area contributed by atoms with E-state index < -0.39 is 0 Å². The van der Waals surface area contributed by atoms with Gasteiger partial charge in [0, 0.05) is 31.4 Å². The third kappa shape index (κ3) is 2.00. The summed E-state index contributed by atoms with van der Waals surface area (Å²) < 4.78 is 2.12. The van der Waals surface area contributed by atoms with E-state index in [1.807, 2.05) is 32.3 Å². The fraction of sp³-hybridized carbons (Fsp3) is 0.286. The molecule has 0 aliphatic heterocycles. The van der Waals surface area contributed by atoms with E-state index in [2.05, 4.69) is 28.0 Å². The van der Waals surface area contributed by atoms with Crippen LogP contribution < -0.4 is 0 Å². The maximum Gasteiger partial charge on any atom is 0.109 e. The molecule has 0 saturated heterocycles. The summed E-state index contributed by atoms with van der Waals surface area (Å²) in [6, 6.07) is 3.96. The monoisotopic (exact) mass is 227 g/mol. The van der Waals surface area contributed by atoms with Crippen LogP contribution in [0.25, 0.3) is 16.8 Å². The second kappa shape index (κ2) is 4.53. The molecule has 0 radical (unpaired) electrons. The van der Waals surface area contributed by atoms with Gasteiger partial charge in [-0.05, 0) is 24.6 Å². The Bertz CT molecular complexity index is 538. The summed E-state index contributed by atoms with van der Waals surface area (Å²) >= 11 is 0. The molecule has 3 heteroatoms. The molecule has 2 heterocycles. The Morgan fingerprint density at radius 2 is 2.24 bits per heavy atom. The second-order valence-corrected chi connectivity index (χ2v) is 4.16. The lowest BCUT2D eigenvalue weighted by molar-refractivity contribution is 0.798. The third-order valence-electron chi connectivity index (χ3n) is 2.84. The van der Waals surface area contributed by atoms with Crippen molar-refractivity contribution in [1.29, 1.82) is 0 Å². The van der Waals surface area contributed by atoms with Gasteiger partial charge >= 0.3 is 0 Å². The summed E-state index contributed by atoms with van der Waals surface area (Å²) in [6.07, 6.45) is 4.53. The molecule has 2 aromatic heterocycles. The van der Waals surface area contributed by atoms with Crippen LogP contribution in [0, 0.1) is 0 Å². The standard InChI is InChI=1S/C14H17N3/c1-5-12-16-13(11-7-6-8-15-9-11)14(10(2)3)17(12)4/h6-9H,2,5H2,1,3-4H3. The minimum absolute atomic E-state index is 0.914. The van der Waals surface area contributed by atoms with Crippen LogP contribution in [-0.4, -0.2) is 14.5 Å². The Balaban J connectivity index is 2.65. The molecule has 0 spiro atoms. The number of nitrogens with zero attached hydrogens (tertiary/aromatic N) is 3. The van der Waals surface area contributed by atoms with Gasteiger partial charge in [0.15, 0.2) is 0 Å². The number of hydrogen-bond acceptors (Lipinski definition) is 2. The summed E-state index contributed by atoms with van der Waals surface area (Å²) in [5.41, 5.74) is 4.14. The van der Waals surface area contributed by atoms with E-state index in [1.165, 1.54) is 0 Å². The maximum atomic E-state index is 4.68. The van der Waals surface area contributed by atoms with Crippen LogP contribution in [0.5, 0.6) is 0 Å². The Hall–Kier alpha value is -1.90. The van der Waals surface area contributed by atoms with Crippen molar-refractivity contribution < 1.29 is 0 Å². The normalized spacial score (nSPS) is 10.5. The van der Waals surface area contributed by atoms with Crippen molar-refractivity contribution in [1.82, 2.24) is 14.5 Å². The van der Waals surface area contributed by atoms with Crippen LogP contribution in [0.2, 0.25) is 0 Å². The number of rotatable bonds is 3. The van der Waals surface area contributed by atoms with Gasteiger partial charge in [-0.15, -0.1) is 0 Å². The predicted molar refractivity (Wildman–Crippen MR) is 70.5 cm³/mol. The van der Waals surface area contributed by atoms with Crippen LogP contribution in [0.4, 0.5) is 0 Å². The van der Waals surface area contributed by atoms with Gasteiger partial charge in [0.2, 0.25) is 0 Å². The summed E-state index contributed by atoms with van der Waals surface area (Å²) in [7, 11) is 2.04. The SMILES string of the molecule is C=C(C)c1c(-c2cccnc2)nc(CC)n1C. The van der Waals surface area contributed by atoms with Gasteiger partial charge in [-0.25, -0.2) is 4.98 Å². The summed E-state index contributed by atoms with van der Waals surface area (Å²) in [6.45, 7) is 8.16. The number of aromatic nitrogens is 3. The topological polar surface area (TPSA) is 30.7 Å². The van der Waals surface area contributed by atoms with Crippen LogP contribution in [0.3, 0.4) is 0 Å². The minimum atomic E-state index is 0.914. The fourth-order valence-corrected chi connectivity index (χ4v) is 2.05. The molecule has 0 fully saturated rings. The zero-order valence-corrected chi connectivity index (χ0v) is 10.6. The third-order valence-corrected chi connectivity index (χ3v) is 2.84. The highest BCUT2D eigenvalue weighted by Crippen LogP contribution is 2.27. The van der Waals surface area contributed by atoms with E-state index >= 15 is 0 Å². The van der Waals surface area contributed by atoms with Crippen LogP contribution in [0.15, 0.2) is 31.1 Å². The Kier molecular flexibility index (Phi) is 3.09. The number of imidazole rings is 1. The lowest BCUT2D eigenvalue weighted by Gasteiger charge is -2.05. The van der Waals surface area contributed by atoms with Gasteiger partial charge in [0.1, 0.15) is 5.82 Å². The molecule has 2 aromatic rings. The highest BCUT2D eigenvalue weighted by atomic mass is 15.1. The second-order valence-electron chi connectivity index (χ2n) is 4.16. The van der Waals surface area contributed by atoms with E-state index in [4.69, 9.17) is 0 Å². The smallest absolute Gasteiger partial charge is 0.109 e. The van der Waals surface area contributed by atoms with Crippen molar-refractivity contribution in [2.45, 2.75) is 20.3 Å². The molecular weight excluding hydrogens is 210 g/mol. The number of pyridine rings is 1. The highest BCUT2D eigenvalue weighted by molar-refractivity contribution is 5.75. The van der Waals surface area contributed by atoms with Crippen LogP contribution in [-0.2, 0) is 13.5 Å². The lowest BCUT2D eigenvalue weighted by atomic mass is 10.1. The van der Waals surface area contributed by atoms with Crippen molar-refractivity contribution in [3.8, 4) is 11.3 Å².